The molecule has 2 aromatic heterocycles. The summed E-state index contributed by atoms with van der Waals surface area (Å²) >= 11 is 0.937. The number of aliphatic carboxylic acids is 1. The van der Waals surface area contributed by atoms with Crippen LogP contribution in [0.4, 0.5) is 0 Å². The summed E-state index contributed by atoms with van der Waals surface area (Å²) in [4.78, 5) is 27.3. The smallest absolute Gasteiger partial charge is 0.342 e. The molecule has 0 radical (unpaired) electrons. The number of hydrogen-bond donors (Lipinski definition) is 2. The number of nitrogens with zero attached hydrogens (tertiary/aromatic N) is 2. The third-order valence-corrected chi connectivity index (χ3v) is 4.63. The zero-order valence-electron chi connectivity index (χ0n) is 15.1. The van der Waals surface area contributed by atoms with Gasteiger partial charge in [0, 0.05) is 18.1 Å². The summed E-state index contributed by atoms with van der Waals surface area (Å²) in [5.41, 5.74) is 1.18. The Bertz CT molecular complexity index is 1020. The van der Waals surface area contributed by atoms with Crippen molar-refractivity contribution >= 4 is 29.8 Å². The first-order valence-electron chi connectivity index (χ1n) is 8.33. The van der Waals surface area contributed by atoms with Gasteiger partial charge in [0.1, 0.15) is 22.3 Å². The van der Waals surface area contributed by atoms with Crippen molar-refractivity contribution in [3.63, 3.8) is 0 Å². The number of aryl methyl sites for hydroxylation is 1. The molecule has 0 aliphatic heterocycles. The number of aromatic amines is 1. The second kappa shape index (κ2) is 8.57. The van der Waals surface area contributed by atoms with Gasteiger partial charge in [-0.3, -0.25) is 5.10 Å². The van der Waals surface area contributed by atoms with Crippen molar-refractivity contribution in [2.24, 2.45) is 0 Å². The van der Waals surface area contributed by atoms with Crippen molar-refractivity contribution in [2.45, 2.75) is 18.5 Å². The number of carboxylic acid groups (broad SMARTS) is 1. The third-order valence-electron chi connectivity index (χ3n) is 3.75. The molecule has 0 unspecified atom stereocenters. The molecule has 2 heterocycles. The molecule has 8 nitrogen and oxygen atoms in total. The number of aromatic nitrogens is 3. The minimum absolute atomic E-state index is 0.0311. The van der Waals surface area contributed by atoms with Crippen LogP contribution in [-0.4, -0.2) is 39.3 Å². The van der Waals surface area contributed by atoms with Gasteiger partial charge in [-0.25, -0.2) is 14.6 Å². The Morgan fingerprint density at radius 1 is 1.25 bits per heavy atom. The largest absolute Gasteiger partial charge is 0.477 e. The van der Waals surface area contributed by atoms with Crippen molar-refractivity contribution in [2.75, 3.05) is 7.11 Å². The Hall–Kier alpha value is -3.33. The lowest BCUT2D eigenvalue weighted by molar-refractivity contribution is -0.131. The van der Waals surface area contributed by atoms with E-state index in [1.807, 2.05) is 6.92 Å². The highest BCUT2D eigenvalue weighted by atomic mass is 32.2. The van der Waals surface area contributed by atoms with Crippen molar-refractivity contribution in [1.29, 1.82) is 0 Å². The first-order chi connectivity index (χ1) is 13.5. The predicted octanol–water partition coefficient (Wildman–Crippen LogP) is 3.63. The molecular weight excluding hydrogens is 382 g/mol. The van der Waals surface area contributed by atoms with Crippen LogP contribution in [0.3, 0.4) is 0 Å². The van der Waals surface area contributed by atoms with Gasteiger partial charge in [-0.1, -0.05) is 19.1 Å². The summed E-state index contributed by atoms with van der Waals surface area (Å²) < 4.78 is 10.4. The number of carboxylic acids is 1. The number of hydrogen-bond acceptors (Lipinski definition) is 7. The zero-order valence-corrected chi connectivity index (χ0v) is 15.9. The van der Waals surface area contributed by atoms with Crippen molar-refractivity contribution in [3.8, 4) is 11.3 Å². The van der Waals surface area contributed by atoms with Gasteiger partial charge in [-0.05, 0) is 36.0 Å². The summed E-state index contributed by atoms with van der Waals surface area (Å²) in [6.07, 6.45) is 2.09. The average molecular weight is 399 g/mol. The number of nitrogens with one attached hydrogen (secondary N) is 1. The normalized spacial score (nSPS) is 11.4. The highest BCUT2D eigenvalue weighted by Crippen LogP contribution is 2.28. The second-order valence-corrected chi connectivity index (χ2v) is 6.61. The van der Waals surface area contributed by atoms with Crippen LogP contribution < -0.4 is 0 Å². The zero-order chi connectivity index (χ0) is 20.1. The molecule has 9 heteroatoms. The van der Waals surface area contributed by atoms with E-state index in [1.54, 1.807) is 36.4 Å². The lowest BCUT2D eigenvalue weighted by atomic mass is 10.1. The van der Waals surface area contributed by atoms with Gasteiger partial charge in [-0.2, -0.15) is 0 Å². The van der Waals surface area contributed by atoms with E-state index in [2.05, 4.69) is 19.9 Å². The maximum atomic E-state index is 11.6. The fourth-order valence-electron chi connectivity index (χ4n) is 2.32. The molecule has 3 aromatic rings. The lowest BCUT2D eigenvalue weighted by Gasteiger charge is -2.01. The molecular formula is C19H17N3O5S. The summed E-state index contributed by atoms with van der Waals surface area (Å²) in [7, 11) is 1.32. The van der Waals surface area contributed by atoms with Gasteiger partial charge in [0.05, 0.1) is 12.7 Å². The number of esters is 1. The fourth-order valence-corrected chi connectivity index (χ4v) is 3.02. The van der Waals surface area contributed by atoms with E-state index >= 15 is 0 Å². The minimum Gasteiger partial charge on any atom is -0.477 e. The second-order valence-electron chi connectivity index (χ2n) is 5.60. The number of furan rings is 1. The van der Waals surface area contributed by atoms with Crippen LogP contribution in [0.2, 0.25) is 0 Å². The van der Waals surface area contributed by atoms with Crippen LogP contribution in [0.1, 0.15) is 28.9 Å². The molecule has 28 heavy (non-hydrogen) atoms. The molecule has 0 bridgehead atoms. The molecule has 1 aromatic carbocycles. The number of ether oxygens (including phenoxy) is 1. The highest BCUT2D eigenvalue weighted by Gasteiger charge is 2.15. The number of benzene rings is 1. The van der Waals surface area contributed by atoms with Crippen molar-refractivity contribution < 1.29 is 23.8 Å². The lowest BCUT2D eigenvalue weighted by Crippen LogP contribution is -2.00. The Morgan fingerprint density at radius 3 is 2.61 bits per heavy atom. The Labute approximate surface area is 164 Å². The maximum Gasteiger partial charge on any atom is 0.342 e. The molecule has 144 valence electrons. The van der Waals surface area contributed by atoms with E-state index in [0.29, 0.717) is 34.5 Å². The highest BCUT2D eigenvalue weighted by molar-refractivity contribution is 8.04. The van der Waals surface area contributed by atoms with Gasteiger partial charge in [0.15, 0.2) is 0 Å². The summed E-state index contributed by atoms with van der Waals surface area (Å²) in [6, 6.07) is 10.1. The van der Waals surface area contributed by atoms with Gasteiger partial charge >= 0.3 is 11.9 Å². The van der Waals surface area contributed by atoms with Crippen molar-refractivity contribution in [3.05, 3.63) is 58.5 Å². The Morgan fingerprint density at radius 2 is 2.00 bits per heavy atom. The molecule has 0 saturated heterocycles. The standard InChI is InChI=1S/C19H17N3O5S/c1-3-16-20-19(22-21-16)28-15(17(23)24)10-13-8-9-14(27-13)11-4-6-12(7-5-11)18(25)26-2/h4-10H,3H2,1-2H3,(H,23,24)(H,20,21,22)/b15-10-. The first-order valence-corrected chi connectivity index (χ1v) is 9.14. The molecule has 0 amide bonds. The number of carbonyl (C=O) groups excluding carboxylic acids is 1. The Balaban J connectivity index is 1.80. The molecule has 0 saturated carbocycles. The number of rotatable bonds is 7. The van der Waals surface area contributed by atoms with Gasteiger partial charge < -0.3 is 14.3 Å². The minimum atomic E-state index is -1.10. The van der Waals surface area contributed by atoms with E-state index < -0.39 is 11.9 Å². The number of H-pyrrole nitrogens is 1. The van der Waals surface area contributed by atoms with E-state index in [4.69, 9.17) is 4.42 Å². The predicted molar refractivity (Wildman–Crippen MR) is 103 cm³/mol. The van der Waals surface area contributed by atoms with Crippen LogP contribution in [0.15, 0.2) is 50.9 Å². The third kappa shape index (κ3) is 4.49. The monoisotopic (exact) mass is 399 g/mol. The quantitative estimate of drug-likeness (QED) is 0.351. The van der Waals surface area contributed by atoms with Crippen LogP contribution in [0, 0.1) is 0 Å². The summed E-state index contributed by atoms with van der Waals surface area (Å²) in [6.45, 7) is 1.92. The number of thioether (sulfide) groups is 1. The van der Waals surface area contributed by atoms with E-state index in [1.165, 1.54) is 13.2 Å². The summed E-state index contributed by atoms with van der Waals surface area (Å²) in [5, 5.41) is 16.5. The Kier molecular flexibility index (Phi) is 5.95. The molecule has 0 fully saturated rings. The van der Waals surface area contributed by atoms with Crippen LogP contribution in [-0.2, 0) is 16.0 Å². The molecule has 0 aliphatic rings. The van der Waals surface area contributed by atoms with Crippen molar-refractivity contribution in [1.82, 2.24) is 15.2 Å². The van der Waals surface area contributed by atoms with Crippen LogP contribution in [0.5, 0.6) is 0 Å². The first kappa shape index (κ1) is 19.4. The van der Waals surface area contributed by atoms with Crippen LogP contribution in [0.25, 0.3) is 17.4 Å². The molecule has 0 spiro atoms. The van der Waals surface area contributed by atoms with Gasteiger partial charge in [0.2, 0.25) is 5.16 Å². The SMILES string of the molecule is CCc1nc(S/C(=C\c2ccc(-c3ccc(C(=O)OC)cc3)o2)C(=O)O)n[nH]1. The van der Waals surface area contributed by atoms with E-state index in [-0.39, 0.29) is 4.91 Å². The topological polar surface area (TPSA) is 118 Å². The summed E-state index contributed by atoms with van der Waals surface area (Å²) in [5.74, 6) is 0.0823. The van der Waals surface area contributed by atoms with E-state index in [0.717, 1.165) is 17.3 Å². The fraction of sp³-hybridized carbons (Fsp3) is 0.158. The number of carbonyl (C=O) groups is 2. The molecule has 2 N–H and O–H groups in total. The number of methoxy groups -OCH3 is 1. The molecule has 0 aliphatic carbocycles. The maximum absolute atomic E-state index is 11.6. The van der Waals surface area contributed by atoms with E-state index in [9.17, 15) is 14.7 Å². The van der Waals surface area contributed by atoms with Crippen LogP contribution >= 0.6 is 11.8 Å². The molecule has 3 rings (SSSR count). The van der Waals surface area contributed by atoms with Gasteiger partial charge in [-0.15, -0.1) is 5.10 Å². The molecule has 0 atom stereocenters. The van der Waals surface area contributed by atoms with Gasteiger partial charge in [0.25, 0.3) is 0 Å². The average Bonchev–Trinajstić information content (AvgIpc) is 3.36.